The quantitative estimate of drug-likeness (QED) is 0.868. The van der Waals surface area contributed by atoms with E-state index in [4.69, 9.17) is 0 Å². The molecule has 0 saturated carbocycles. The van der Waals surface area contributed by atoms with Crippen molar-refractivity contribution < 1.29 is 18.4 Å². The lowest BCUT2D eigenvalue weighted by Gasteiger charge is -2.03. The van der Waals surface area contributed by atoms with E-state index in [1.165, 1.54) is 30.2 Å². The first kappa shape index (κ1) is 14.6. The summed E-state index contributed by atoms with van der Waals surface area (Å²) in [5, 5.41) is 12.1. The van der Waals surface area contributed by atoms with E-state index >= 15 is 0 Å². The molecule has 2 amide bonds. The molecule has 0 atom stereocenters. The highest BCUT2D eigenvalue weighted by Crippen LogP contribution is 2.09. The van der Waals surface area contributed by atoms with E-state index in [0.29, 0.717) is 0 Å². The number of rotatable bonds is 4. The van der Waals surface area contributed by atoms with E-state index < -0.39 is 24.9 Å². The summed E-state index contributed by atoms with van der Waals surface area (Å²) in [6.45, 7) is -0.751. The zero-order chi connectivity index (χ0) is 15.4. The first-order valence-electron chi connectivity index (χ1n) is 5.88. The van der Waals surface area contributed by atoms with Crippen LogP contribution in [0.25, 0.3) is 0 Å². The third-order valence-electron chi connectivity index (χ3n) is 2.48. The number of alkyl halides is 2. The summed E-state index contributed by atoms with van der Waals surface area (Å²) in [6, 6.07) is 2.29. The molecule has 0 radical (unpaired) electrons. The van der Waals surface area contributed by atoms with Crippen molar-refractivity contribution in [3.8, 4) is 0 Å². The van der Waals surface area contributed by atoms with Gasteiger partial charge in [-0.25, -0.2) is 13.6 Å². The van der Waals surface area contributed by atoms with Crippen molar-refractivity contribution in [2.24, 2.45) is 7.05 Å². The summed E-state index contributed by atoms with van der Waals surface area (Å²) in [4.78, 5) is 23.4. The van der Waals surface area contributed by atoms with E-state index in [-0.39, 0.29) is 11.5 Å². The van der Waals surface area contributed by atoms with Gasteiger partial charge in [0.2, 0.25) is 0 Å². The van der Waals surface area contributed by atoms with Crippen LogP contribution in [0.5, 0.6) is 0 Å². The second-order valence-corrected chi connectivity index (χ2v) is 4.02. The maximum atomic E-state index is 12.0. The fourth-order valence-corrected chi connectivity index (χ4v) is 1.56. The largest absolute Gasteiger partial charge is 0.347 e. The fraction of sp³-hybridized carbons (Fsp3) is 0.273. The van der Waals surface area contributed by atoms with Crippen molar-refractivity contribution in [1.82, 2.24) is 24.9 Å². The second kappa shape index (κ2) is 6.11. The average Bonchev–Trinajstić information content (AvgIpc) is 3.05. The van der Waals surface area contributed by atoms with Gasteiger partial charge in [0.05, 0.1) is 6.54 Å². The number of hydrogen-bond donors (Lipinski definition) is 2. The van der Waals surface area contributed by atoms with Crippen molar-refractivity contribution >= 4 is 17.8 Å². The van der Waals surface area contributed by atoms with Crippen molar-refractivity contribution in [3.05, 3.63) is 30.2 Å². The Morgan fingerprint density at radius 1 is 1.43 bits per heavy atom. The van der Waals surface area contributed by atoms with Crippen molar-refractivity contribution in [1.29, 1.82) is 0 Å². The number of amides is 2. The Bertz CT molecular complexity index is 637. The average molecular weight is 298 g/mol. The number of nitrogens with one attached hydrogen (secondary N) is 2. The molecule has 0 aliphatic heterocycles. The minimum absolute atomic E-state index is 0.0476. The van der Waals surface area contributed by atoms with Crippen LogP contribution in [0.3, 0.4) is 0 Å². The number of halogens is 2. The summed E-state index contributed by atoms with van der Waals surface area (Å²) in [6.07, 6.45) is 0.233. The summed E-state index contributed by atoms with van der Waals surface area (Å²) < 4.78 is 26.3. The molecule has 2 aromatic rings. The Morgan fingerprint density at radius 2 is 2.19 bits per heavy atom. The molecule has 8 nitrogen and oxygen atoms in total. The lowest BCUT2D eigenvalue weighted by Crippen LogP contribution is -2.29. The van der Waals surface area contributed by atoms with E-state index in [1.807, 2.05) is 0 Å². The fourth-order valence-electron chi connectivity index (χ4n) is 1.56. The number of aromatic nitrogens is 4. The second-order valence-electron chi connectivity index (χ2n) is 4.02. The molecular formula is C11H12F2N6O2. The van der Waals surface area contributed by atoms with Gasteiger partial charge in [-0.15, -0.1) is 0 Å². The molecule has 0 aromatic carbocycles. The smallest absolute Gasteiger partial charge is 0.345 e. The summed E-state index contributed by atoms with van der Waals surface area (Å²) in [7, 11) is 1.46. The molecule has 0 aliphatic carbocycles. The molecule has 21 heavy (non-hydrogen) atoms. The SMILES string of the molecule is Cn1nc(NC(=O)n2cccn2)cc1C(=O)NCC(F)F. The number of carbonyl (C=O) groups excluding carboxylic acids is 2. The summed E-state index contributed by atoms with van der Waals surface area (Å²) >= 11 is 0. The third kappa shape index (κ3) is 3.61. The molecule has 112 valence electrons. The Labute approximate surface area is 117 Å². The molecule has 0 aliphatic rings. The molecule has 2 heterocycles. The Morgan fingerprint density at radius 3 is 2.81 bits per heavy atom. The van der Waals surface area contributed by atoms with Gasteiger partial charge < -0.3 is 5.32 Å². The van der Waals surface area contributed by atoms with Crippen LogP contribution >= 0.6 is 0 Å². The Balaban J connectivity index is 2.05. The van der Waals surface area contributed by atoms with Crippen molar-refractivity contribution in [3.63, 3.8) is 0 Å². The normalized spacial score (nSPS) is 10.7. The van der Waals surface area contributed by atoms with E-state index in [9.17, 15) is 18.4 Å². The number of aryl methyl sites for hydroxylation is 1. The van der Waals surface area contributed by atoms with Gasteiger partial charge in [-0.1, -0.05) is 0 Å². The van der Waals surface area contributed by atoms with Gasteiger partial charge in [-0.2, -0.15) is 14.9 Å². The molecule has 2 aromatic heterocycles. The lowest BCUT2D eigenvalue weighted by atomic mass is 10.4. The standard InChI is InChI=1S/C11H12F2N6O2/c1-18-7(10(20)14-6-8(12)13)5-9(17-18)16-11(21)19-4-2-3-15-19/h2-5,8H,6H2,1H3,(H,14,20)(H,16,17,21). The molecule has 0 unspecified atom stereocenters. The van der Waals surface area contributed by atoms with Crippen LogP contribution < -0.4 is 10.6 Å². The summed E-state index contributed by atoms with van der Waals surface area (Å²) in [5.74, 6) is -0.593. The van der Waals surface area contributed by atoms with E-state index in [1.54, 1.807) is 6.07 Å². The number of nitrogens with zero attached hydrogens (tertiary/aromatic N) is 4. The van der Waals surface area contributed by atoms with Gasteiger partial charge >= 0.3 is 6.03 Å². The molecule has 10 heteroatoms. The molecular weight excluding hydrogens is 286 g/mol. The molecule has 0 spiro atoms. The molecule has 0 fully saturated rings. The number of anilines is 1. The topological polar surface area (TPSA) is 93.8 Å². The molecule has 2 rings (SSSR count). The summed E-state index contributed by atoms with van der Waals surface area (Å²) in [5.41, 5.74) is 0.0476. The monoisotopic (exact) mass is 298 g/mol. The van der Waals surface area contributed by atoms with Crippen LogP contribution in [0.2, 0.25) is 0 Å². The van der Waals surface area contributed by atoms with Gasteiger partial charge in [-0.3, -0.25) is 14.8 Å². The maximum Gasteiger partial charge on any atom is 0.347 e. The molecule has 0 bridgehead atoms. The van der Waals surface area contributed by atoms with E-state index in [0.717, 1.165) is 4.68 Å². The van der Waals surface area contributed by atoms with Gasteiger partial charge in [0.1, 0.15) is 5.69 Å². The lowest BCUT2D eigenvalue weighted by molar-refractivity contribution is 0.0882. The predicted octanol–water partition coefficient (Wildman–Crippen LogP) is 0.692. The maximum absolute atomic E-state index is 12.0. The van der Waals surface area contributed by atoms with Crippen molar-refractivity contribution in [2.45, 2.75) is 6.43 Å². The zero-order valence-corrected chi connectivity index (χ0v) is 11.0. The van der Waals surface area contributed by atoms with Crippen LogP contribution in [0.15, 0.2) is 24.5 Å². The number of carbonyl (C=O) groups is 2. The van der Waals surface area contributed by atoms with Crippen LogP contribution in [-0.4, -0.2) is 44.5 Å². The highest BCUT2D eigenvalue weighted by atomic mass is 19.3. The van der Waals surface area contributed by atoms with Gasteiger partial charge in [0, 0.05) is 25.5 Å². The third-order valence-corrected chi connectivity index (χ3v) is 2.48. The Kier molecular flexibility index (Phi) is 4.26. The highest BCUT2D eigenvalue weighted by Gasteiger charge is 2.16. The van der Waals surface area contributed by atoms with Crippen LogP contribution in [-0.2, 0) is 7.05 Å². The zero-order valence-electron chi connectivity index (χ0n) is 11.0. The predicted molar refractivity (Wildman–Crippen MR) is 68.2 cm³/mol. The first-order chi connectivity index (χ1) is 9.97. The van der Waals surface area contributed by atoms with Crippen LogP contribution in [0, 0.1) is 0 Å². The Hall–Kier alpha value is -2.78. The van der Waals surface area contributed by atoms with Crippen LogP contribution in [0.1, 0.15) is 10.5 Å². The van der Waals surface area contributed by atoms with Gasteiger partial charge in [0.15, 0.2) is 5.82 Å². The van der Waals surface area contributed by atoms with Crippen molar-refractivity contribution in [2.75, 3.05) is 11.9 Å². The minimum atomic E-state index is -2.64. The first-order valence-corrected chi connectivity index (χ1v) is 5.88. The van der Waals surface area contributed by atoms with E-state index in [2.05, 4.69) is 20.8 Å². The van der Waals surface area contributed by atoms with Gasteiger partial charge in [0.25, 0.3) is 12.3 Å². The minimum Gasteiger partial charge on any atom is -0.345 e. The molecule has 0 saturated heterocycles. The van der Waals surface area contributed by atoms with Gasteiger partial charge in [-0.05, 0) is 6.07 Å². The van der Waals surface area contributed by atoms with Crippen LogP contribution in [0.4, 0.5) is 19.4 Å². The number of hydrogen-bond acceptors (Lipinski definition) is 4. The molecule has 2 N–H and O–H groups in total. The highest BCUT2D eigenvalue weighted by molar-refractivity contribution is 5.95.